The van der Waals surface area contributed by atoms with Gasteiger partial charge in [-0.3, -0.25) is 0 Å². The second-order valence-corrected chi connectivity index (χ2v) is 5.72. The van der Waals surface area contributed by atoms with Crippen LogP contribution in [0.2, 0.25) is 0 Å². The summed E-state index contributed by atoms with van der Waals surface area (Å²) in [5.74, 6) is 1.90. The van der Waals surface area contributed by atoms with Gasteiger partial charge in [-0.05, 0) is 45.1 Å². The van der Waals surface area contributed by atoms with Crippen molar-refractivity contribution in [2.24, 2.45) is 0 Å². The molecule has 5 heteroatoms. The van der Waals surface area contributed by atoms with Crippen molar-refractivity contribution >= 4 is 38.9 Å². The van der Waals surface area contributed by atoms with Gasteiger partial charge >= 0.3 is 0 Å². The summed E-state index contributed by atoms with van der Waals surface area (Å²) >= 11 is 11.0. The molecule has 2 nitrogen and oxygen atoms in total. The molecular formula is C13H12BrClO2S. The van der Waals surface area contributed by atoms with Gasteiger partial charge < -0.3 is 9.47 Å². The minimum absolute atomic E-state index is 0.461. The molecule has 1 aromatic heterocycles. The number of ether oxygens (including phenoxy) is 2. The molecule has 0 atom stereocenters. The Morgan fingerprint density at radius 3 is 2.72 bits per heavy atom. The summed E-state index contributed by atoms with van der Waals surface area (Å²) in [4.78, 5) is 1.15. The van der Waals surface area contributed by atoms with E-state index < -0.39 is 0 Å². The molecule has 18 heavy (non-hydrogen) atoms. The van der Waals surface area contributed by atoms with Gasteiger partial charge in [0.15, 0.2) is 11.5 Å². The van der Waals surface area contributed by atoms with Crippen LogP contribution in [0.1, 0.15) is 10.4 Å². The SMILES string of the molecule is COc1ccc(CCl)cc1OCc1sccc1Br. The Labute approximate surface area is 124 Å². The van der Waals surface area contributed by atoms with E-state index in [1.165, 1.54) is 0 Å². The van der Waals surface area contributed by atoms with Crippen molar-refractivity contribution < 1.29 is 9.47 Å². The van der Waals surface area contributed by atoms with Crippen molar-refractivity contribution in [3.63, 3.8) is 0 Å². The number of alkyl halides is 1. The third-order valence-corrected chi connectivity index (χ3v) is 4.64. The van der Waals surface area contributed by atoms with Crippen molar-refractivity contribution in [2.75, 3.05) is 7.11 Å². The monoisotopic (exact) mass is 346 g/mol. The number of hydrogen-bond donors (Lipinski definition) is 0. The van der Waals surface area contributed by atoms with E-state index >= 15 is 0 Å². The zero-order chi connectivity index (χ0) is 13.0. The number of hydrogen-bond acceptors (Lipinski definition) is 3. The molecule has 2 rings (SSSR count). The number of rotatable bonds is 5. The Morgan fingerprint density at radius 2 is 2.11 bits per heavy atom. The minimum Gasteiger partial charge on any atom is -0.493 e. The fourth-order valence-corrected chi connectivity index (χ4v) is 3.03. The van der Waals surface area contributed by atoms with Crippen LogP contribution in [0.25, 0.3) is 0 Å². The van der Waals surface area contributed by atoms with Crippen molar-refractivity contribution in [1.29, 1.82) is 0 Å². The van der Waals surface area contributed by atoms with Crippen molar-refractivity contribution in [3.05, 3.63) is 44.6 Å². The Bertz CT molecular complexity index is 527. The lowest BCUT2D eigenvalue weighted by atomic mass is 10.2. The Kier molecular flexibility index (Phi) is 4.92. The van der Waals surface area contributed by atoms with Gasteiger partial charge in [-0.1, -0.05) is 6.07 Å². The molecule has 0 aliphatic rings. The average Bonchev–Trinajstić information content (AvgIpc) is 2.81. The number of benzene rings is 1. The molecular weight excluding hydrogens is 336 g/mol. The molecule has 0 saturated carbocycles. The highest BCUT2D eigenvalue weighted by atomic mass is 79.9. The maximum atomic E-state index is 5.82. The lowest BCUT2D eigenvalue weighted by Crippen LogP contribution is -1.97. The normalized spacial score (nSPS) is 10.4. The van der Waals surface area contributed by atoms with Crippen LogP contribution >= 0.6 is 38.9 Å². The van der Waals surface area contributed by atoms with Crippen LogP contribution in [0.3, 0.4) is 0 Å². The quantitative estimate of drug-likeness (QED) is 0.721. The van der Waals surface area contributed by atoms with Gasteiger partial charge in [0.25, 0.3) is 0 Å². The zero-order valence-corrected chi connectivity index (χ0v) is 12.9. The molecule has 0 unspecified atom stereocenters. The van der Waals surface area contributed by atoms with E-state index in [0.717, 1.165) is 26.4 Å². The van der Waals surface area contributed by atoms with Crippen LogP contribution in [0.15, 0.2) is 34.1 Å². The minimum atomic E-state index is 0.461. The second-order valence-electron chi connectivity index (χ2n) is 3.60. The third kappa shape index (κ3) is 3.19. The third-order valence-electron chi connectivity index (χ3n) is 2.43. The summed E-state index contributed by atoms with van der Waals surface area (Å²) in [5, 5.41) is 2.02. The topological polar surface area (TPSA) is 18.5 Å². The molecule has 0 N–H and O–H groups in total. The van der Waals surface area contributed by atoms with E-state index in [2.05, 4.69) is 15.9 Å². The van der Waals surface area contributed by atoms with Crippen LogP contribution in [-0.2, 0) is 12.5 Å². The molecule has 0 aliphatic carbocycles. The van der Waals surface area contributed by atoms with E-state index in [1.54, 1.807) is 18.4 Å². The first-order valence-electron chi connectivity index (χ1n) is 5.32. The fourth-order valence-electron chi connectivity index (χ4n) is 1.49. The van der Waals surface area contributed by atoms with Gasteiger partial charge in [0, 0.05) is 10.4 Å². The predicted octanol–water partition coefficient (Wildman–Crippen LogP) is 4.84. The van der Waals surface area contributed by atoms with Crippen LogP contribution in [-0.4, -0.2) is 7.11 Å². The molecule has 1 heterocycles. The van der Waals surface area contributed by atoms with E-state index in [0.29, 0.717) is 12.5 Å². The molecule has 0 saturated heterocycles. The zero-order valence-electron chi connectivity index (χ0n) is 9.78. The van der Waals surface area contributed by atoms with Crippen LogP contribution < -0.4 is 9.47 Å². The van der Waals surface area contributed by atoms with Gasteiger partial charge in [0.2, 0.25) is 0 Å². The largest absolute Gasteiger partial charge is 0.493 e. The lowest BCUT2D eigenvalue weighted by molar-refractivity contribution is 0.286. The maximum Gasteiger partial charge on any atom is 0.162 e. The van der Waals surface area contributed by atoms with Crippen LogP contribution in [0, 0.1) is 0 Å². The Balaban J connectivity index is 2.14. The van der Waals surface area contributed by atoms with Crippen molar-refractivity contribution in [3.8, 4) is 11.5 Å². The van der Waals surface area contributed by atoms with Gasteiger partial charge in [-0.15, -0.1) is 22.9 Å². The first-order chi connectivity index (χ1) is 8.74. The highest BCUT2D eigenvalue weighted by Crippen LogP contribution is 2.31. The van der Waals surface area contributed by atoms with Crippen LogP contribution in [0.4, 0.5) is 0 Å². The molecule has 0 fully saturated rings. The summed E-state index contributed by atoms with van der Waals surface area (Å²) in [6.07, 6.45) is 0. The van der Waals surface area contributed by atoms with Gasteiger partial charge in [0.05, 0.1) is 12.0 Å². The Hall–Kier alpha value is -0.710. The fraction of sp³-hybridized carbons (Fsp3) is 0.231. The Morgan fingerprint density at radius 1 is 1.28 bits per heavy atom. The summed E-state index contributed by atoms with van der Waals surface area (Å²) in [7, 11) is 1.63. The van der Waals surface area contributed by atoms with Gasteiger partial charge in [-0.2, -0.15) is 0 Å². The van der Waals surface area contributed by atoms with E-state index in [4.69, 9.17) is 21.1 Å². The molecule has 1 aromatic carbocycles. The van der Waals surface area contributed by atoms with Crippen molar-refractivity contribution in [1.82, 2.24) is 0 Å². The van der Waals surface area contributed by atoms with Crippen LogP contribution in [0.5, 0.6) is 11.5 Å². The molecule has 0 amide bonds. The number of methoxy groups -OCH3 is 1. The first kappa shape index (κ1) is 13.7. The summed E-state index contributed by atoms with van der Waals surface area (Å²) < 4.78 is 12.1. The molecule has 0 bridgehead atoms. The lowest BCUT2D eigenvalue weighted by Gasteiger charge is -2.11. The summed E-state index contributed by atoms with van der Waals surface area (Å²) in [6, 6.07) is 7.72. The van der Waals surface area contributed by atoms with E-state index in [1.807, 2.05) is 29.6 Å². The maximum absolute atomic E-state index is 5.82. The molecule has 2 aromatic rings. The van der Waals surface area contributed by atoms with Crippen molar-refractivity contribution in [2.45, 2.75) is 12.5 Å². The molecule has 0 aliphatic heterocycles. The molecule has 0 spiro atoms. The number of thiophene rings is 1. The van der Waals surface area contributed by atoms with Gasteiger partial charge in [0.1, 0.15) is 6.61 Å². The summed E-state index contributed by atoms with van der Waals surface area (Å²) in [5.41, 5.74) is 1.01. The van der Waals surface area contributed by atoms with E-state index in [-0.39, 0.29) is 0 Å². The average molecular weight is 348 g/mol. The van der Waals surface area contributed by atoms with E-state index in [9.17, 15) is 0 Å². The second kappa shape index (κ2) is 6.45. The molecule has 0 radical (unpaired) electrons. The molecule has 96 valence electrons. The number of halogens is 2. The predicted molar refractivity (Wildman–Crippen MR) is 78.9 cm³/mol. The highest BCUT2D eigenvalue weighted by molar-refractivity contribution is 9.10. The summed E-state index contributed by atoms with van der Waals surface area (Å²) in [6.45, 7) is 0.514. The standard InChI is InChI=1S/C13H12BrClO2S/c1-16-11-3-2-9(7-15)6-12(11)17-8-13-10(14)4-5-18-13/h2-6H,7-8H2,1H3. The highest BCUT2D eigenvalue weighted by Gasteiger charge is 2.08. The smallest absolute Gasteiger partial charge is 0.162 e. The first-order valence-corrected chi connectivity index (χ1v) is 7.53. The van der Waals surface area contributed by atoms with Gasteiger partial charge in [-0.25, -0.2) is 0 Å².